The summed E-state index contributed by atoms with van der Waals surface area (Å²) >= 11 is 0. The predicted molar refractivity (Wildman–Crippen MR) is 105 cm³/mol. The molecule has 0 aliphatic carbocycles. The molecule has 0 radical (unpaired) electrons. The van der Waals surface area contributed by atoms with Gasteiger partial charge in [0.25, 0.3) is 0 Å². The molecule has 0 saturated carbocycles. The van der Waals surface area contributed by atoms with Gasteiger partial charge in [-0.2, -0.15) is 0 Å². The van der Waals surface area contributed by atoms with E-state index >= 15 is 0 Å². The van der Waals surface area contributed by atoms with E-state index in [1.165, 1.54) is 0 Å². The van der Waals surface area contributed by atoms with Crippen LogP contribution < -0.4 is 5.73 Å². The highest BCUT2D eigenvalue weighted by Gasteiger charge is 2.21. The van der Waals surface area contributed by atoms with Gasteiger partial charge in [-0.25, -0.2) is 9.97 Å². The lowest BCUT2D eigenvalue weighted by molar-refractivity contribution is 0.608. The highest BCUT2D eigenvalue weighted by Crippen LogP contribution is 2.29. The van der Waals surface area contributed by atoms with Gasteiger partial charge in [0.15, 0.2) is 0 Å². The number of H-pyrrole nitrogens is 2. The van der Waals surface area contributed by atoms with E-state index in [2.05, 4.69) is 16.9 Å². The average Bonchev–Trinajstić information content (AvgIpc) is 3.25. The van der Waals surface area contributed by atoms with E-state index in [9.17, 15) is 0 Å². The quantitative estimate of drug-likeness (QED) is 0.312. The number of amidine groups is 1. The van der Waals surface area contributed by atoms with Gasteiger partial charge in [-0.3, -0.25) is 5.41 Å². The van der Waals surface area contributed by atoms with E-state index in [1.807, 2.05) is 42.5 Å². The lowest BCUT2D eigenvalue weighted by Crippen LogP contribution is -2.10. The zero-order valence-electron chi connectivity index (χ0n) is 14.7. The van der Waals surface area contributed by atoms with Crippen LogP contribution >= 0.6 is 0 Å². The number of hydrogen-bond donors (Lipinski definition) is 4. The molecule has 0 spiro atoms. The molecule has 4 aromatic rings. The summed E-state index contributed by atoms with van der Waals surface area (Å²) in [7, 11) is 0. The normalized spacial score (nSPS) is 12.7. The standard InChI is InChI=1S/C20H22N6/c1-2-3-6-13(19-23-14-7-4-5-8-15(14)24-19)20-25-16-10-9-12(18(21)22)11-17(16)26-20/h4-5,7-11,13H,2-3,6H2,1H3,(H3,21,22)(H,23,24)(H,25,26). The number of para-hydroxylation sites is 2. The Labute approximate surface area is 151 Å². The summed E-state index contributed by atoms with van der Waals surface area (Å²) in [5.41, 5.74) is 10.1. The monoisotopic (exact) mass is 346 g/mol. The summed E-state index contributed by atoms with van der Waals surface area (Å²) in [6.07, 6.45) is 3.18. The number of rotatable bonds is 6. The third-order valence-corrected chi connectivity index (χ3v) is 4.73. The summed E-state index contributed by atoms with van der Waals surface area (Å²) < 4.78 is 0. The zero-order chi connectivity index (χ0) is 18.1. The van der Waals surface area contributed by atoms with Crippen molar-refractivity contribution in [1.82, 2.24) is 19.9 Å². The summed E-state index contributed by atoms with van der Waals surface area (Å²) in [6, 6.07) is 13.7. The largest absolute Gasteiger partial charge is 0.384 e. The fourth-order valence-electron chi connectivity index (χ4n) is 3.31. The van der Waals surface area contributed by atoms with Crippen LogP contribution in [0.5, 0.6) is 0 Å². The average molecular weight is 346 g/mol. The van der Waals surface area contributed by atoms with Gasteiger partial charge in [-0.05, 0) is 36.8 Å². The van der Waals surface area contributed by atoms with E-state index in [0.29, 0.717) is 5.56 Å². The van der Waals surface area contributed by atoms with Crippen LogP contribution in [0.1, 0.15) is 49.3 Å². The maximum Gasteiger partial charge on any atom is 0.122 e. The first-order chi connectivity index (χ1) is 12.7. The van der Waals surface area contributed by atoms with Gasteiger partial charge in [0.05, 0.1) is 28.0 Å². The van der Waals surface area contributed by atoms with Crippen LogP contribution in [0.15, 0.2) is 42.5 Å². The van der Waals surface area contributed by atoms with Gasteiger partial charge < -0.3 is 15.7 Å². The Kier molecular flexibility index (Phi) is 4.16. The molecule has 0 aliphatic rings. The van der Waals surface area contributed by atoms with Crippen LogP contribution in [-0.2, 0) is 0 Å². The van der Waals surface area contributed by atoms with Crippen molar-refractivity contribution in [2.45, 2.75) is 32.1 Å². The molecular weight excluding hydrogens is 324 g/mol. The van der Waals surface area contributed by atoms with Crippen LogP contribution in [0.25, 0.3) is 22.1 Å². The Bertz CT molecular complexity index is 1040. The van der Waals surface area contributed by atoms with E-state index in [4.69, 9.17) is 21.1 Å². The Morgan fingerprint density at radius 3 is 2.42 bits per heavy atom. The van der Waals surface area contributed by atoms with Gasteiger partial charge in [0.1, 0.15) is 17.5 Å². The van der Waals surface area contributed by atoms with Gasteiger partial charge in [0, 0.05) is 5.56 Å². The van der Waals surface area contributed by atoms with Crippen LogP contribution in [-0.4, -0.2) is 25.8 Å². The fraction of sp³-hybridized carbons (Fsp3) is 0.250. The number of benzene rings is 2. The van der Waals surface area contributed by atoms with Crippen molar-refractivity contribution in [2.75, 3.05) is 0 Å². The minimum absolute atomic E-state index is 0.0521. The number of aromatic nitrogens is 4. The van der Waals surface area contributed by atoms with Crippen molar-refractivity contribution < 1.29 is 0 Å². The van der Waals surface area contributed by atoms with Crippen LogP contribution in [0.3, 0.4) is 0 Å². The van der Waals surface area contributed by atoms with Crippen molar-refractivity contribution in [2.24, 2.45) is 5.73 Å². The Balaban J connectivity index is 1.78. The van der Waals surface area contributed by atoms with E-state index < -0.39 is 0 Å². The van der Waals surface area contributed by atoms with Crippen molar-refractivity contribution in [3.63, 3.8) is 0 Å². The molecule has 0 bridgehead atoms. The second-order valence-corrected chi connectivity index (χ2v) is 6.60. The third kappa shape index (κ3) is 2.94. The summed E-state index contributed by atoms with van der Waals surface area (Å²) in [5.74, 6) is 1.96. The molecule has 1 unspecified atom stereocenters. The first-order valence-electron chi connectivity index (χ1n) is 8.94. The number of hydrogen-bond acceptors (Lipinski definition) is 3. The highest BCUT2D eigenvalue weighted by atomic mass is 15.0. The van der Waals surface area contributed by atoms with Gasteiger partial charge in [-0.15, -0.1) is 0 Å². The topological polar surface area (TPSA) is 107 Å². The molecular formula is C20H22N6. The molecule has 2 heterocycles. The SMILES string of the molecule is CCCCC(c1nc2ccccc2[nH]1)c1nc2cc(C(=N)N)ccc2[nH]1. The molecule has 2 aromatic carbocycles. The Morgan fingerprint density at radius 2 is 1.73 bits per heavy atom. The molecule has 132 valence electrons. The smallest absolute Gasteiger partial charge is 0.122 e. The number of aromatic amines is 2. The molecule has 6 nitrogen and oxygen atoms in total. The predicted octanol–water partition coefficient (Wildman–Crippen LogP) is 4.05. The molecule has 5 N–H and O–H groups in total. The van der Waals surface area contributed by atoms with Crippen LogP contribution in [0.4, 0.5) is 0 Å². The molecule has 0 saturated heterocycles. The second kappa shape index (κ2) is 6.63. The maximum atomic E-state index is 7.61. The van der Waals surface area contributed by atoms with Crippen molar-refractivity contribution in [3.8, 4) is 0 Å². The number of nitrogens with two attached hydrogens (primary N) is 1. The van der Waals surface area contributed by atoms with Crippen molar-refractivity contribution in [1.29, 1.82) is 5.41 Å². The molecule has 0 aliphatic heterocycles. The Hall–Kier alpha value is -3.15. The summed E-state index contributed by atoms with van der Waals surface area (Å²) in [4.78, 5) is 16.5. The second-order valence-electron chi connectivity index (χ2n) is 6.60. The molecule has 2 aromatic heterocycles. The van der Waals surface area contributed by atoms with Gasteiger partial charge in [-0.1, -0.05) is 31.9 Å². The molecule has 0 fully saturated rings. The number of fused-ring (bicyclic) bond motifs is 2. The Morgan fingerprint density at radius 1 is 1.04 bits per heavy atom. The molecule has 26 heavy (non-hydrogen) atoms. The molecule has 0 amide bonds. The highest BCUT2D eigenvalue weighted by molar-refractivity contribution is 5.97. The molecule has 6 heteroatoms. The summed E-state index contributed by atoms with van der Waals surface area (Å²) in [6.45, 7) is 2.19. The van der Waals surface area contributed by atoms with E-state index in [0.717, 1.165) is 53.0 Å². The van der Waals surface area contributed by atoms with E-state index in [1.54, 1.807) is 0 Å². The number of imidazole rings is 2. The maximum absolute atomic E-state index is 7.61. The number of nitrogen functional groups attached to an aromatic ring is 1. The minimum atomic E-state index is 0.0521. The molecule has 4 rings (SSSR count). The van der Waals surface area contributed by atoms with Crippen molar-refractivity contribution in [3.05, 3.63) is 59.7 Å². The van der Waals surface area contributed by atoms with Crippen molar-refractivity contribution >= 4 is 27.9 Å². The van der Waals surface area contributed by atoms with Gasteiger partial charge in [0.2, 0.25) is 0 Å². The lowest BCUT2D eigenvalue weighted by Gasteiger charge is -2.11. The van der Waals surface area contributed by atoms with Crippen LogP contribution in [0.2, 0.25) is 0 Å². The number of nitrogens with zero attached hydrogens (tertiary/aromatic N) is 2. The minimum Gasteiger partial charge on any atom is -0.384 e. The summed E-state index contributed by atoms with van der Waals surface area (Å²) in [5, 5.41) is 7.61. The lowest BCUT2D eigenvalue weighted by atomic mass is 10.0. The molecule has 1 atom stereocenters. The van der Waals surface area contributed by atoms with E-state index in [-0.39, 0.29) is 11.8 Å². The first kappa shape index (κ1) is 16.3. The first-order valence-corrected chi connectivity index (χ1v) is 8.94. The number of nitrogens with one attached hydrogen (secondary N) is 3. The third-order valence-electron chi connectivity index (χ3n) is 4.73. The van der Waals surface area contributed by atoms with Gasteiger partial charge >= 0.3 is 0 Å². The number of unbranched alkanes of at least 4 members (excludes halogenated alkanes) is 1. The zero-order valence-corrected chi connectivity index (χ0v) is 14.7. The fourth-order valence-corrected chi connectivity index (χ4v) is 3.31. The van der Waals surface area contributed by atoms with Crippen LogP contribution in [0, 0.1) is 5.41 Å².